The van der Waals surface area contributed by atoms with Gasteiger partial charge in [0.2, 0.25) is 0 Å². The number of hydrogen-bond acceptors (Lipinski definition) is 5. The molecular weight excluding hydrogens is 450 g/mol. The highest BCUT2D eigenvalue weighted by Gasteiger charge is 2.24. The van der Waals surface area contributed by atoms with Gasteiger partial charge in [0, 0.05) is 37.6 Å². The Labute approximate surface area is 200 Å². The minimum Gasteiger partial charge on any atom is -0.478 e. The van der Waals surface area contributed by atoms with E-state index in [1.165, 1.54) is 35.0 Å². The zero-order valence-electron chi connectivity index (χ0n) is 19.6. The first kappa shape index (κ1) is 23.6. The molecule has 0 aromatic heterocycles. The van der Waals surface area contributed by atoms with Crippen molar-refractivity contribution < 1.29 is 18.3 Å². The van der Waals surface area contributed by atoms with E-state index < -0.39 is 16.0 Å². The summed E-state index contributed by atoms with van der Waals surface area (Å²) in [5.41, 5.74) is 5.47. The van der Waals surface area contributed by atoms with Gasteiger partial charge in [-0.3, -0.25) is 4.72 Å². The van der Waals surface area contributed by atoms with Gasteiger partial charge in [0.25, 0.3) is 10.0 Å². The van der Waals surface area contributed by atoms with Crippen molar-refractivity contribution in [3.8, 4) is 0 Å². The van der Waals surface area contributed by atoms with Gasteiger partial charge in [-0.05, 0) is 68.3 Å². The summed E-state index contributed by atoms with van der Waals surface area (Å²) in [5.74, 6) is -1.09. The topological polar surface area (TPSA) is 90.0 Å². The van der Waals surface area contributed by atoms with Crippen LogP contribution in [0.2, 0.25) is 0 Å². The van der Waals surface area contributed by atoms with Crippen LogP contribution in [-0.4, -0.2) is 45.7 Å². The van der Waals surface area contributed by atoms with Gasteiger partial charge in [-0.2, -0.15) is 0 Å². The van der Waals surface area contributed by atoms with Crippen LogP contribution < -0.4 is 14.5 Å². The summed E-state index contributed by atoms with van der Waals surface area (Å²) in [7, 11) is -3.82. The number of aromatic carboxylic acids is 1. The number of benzene rings is 3. The molecule has 1 fully saturated rings. The molecule has 178 valence electrons. The number of aryl methyl sites for hydroxylation is 3. The molecule has 0 radical (unpaired) electrons. The Balaban J connectivity index is 1.53. The van der Waals surface area contributed by atoms with E-state index in [0.717, 1.165) is 18.7 Å². The molecule has 0 amide bonds. The Morgan fingerprint density at radius 2 is 1.38 bits per heavy atom. The van der Waals surface area contributed by atoms with Crippen LogP contribution >= 0.6 is 0 Å². The lowest BCUT2D eigenvalue weighted by Crippen LogP contribution is -2.47. The van der Waals surface area contributed by atoms with E-state index in [4.69, 9.17) is 0 Å². The number of carboxylic acids is 1. The second kappa shape index (κ2) is 9.38. The Morgan fingerprint density at radius 3 is 2.00 bits per heavy atom. The molecule has 7 nitrogen and oxygen atoms in total. The van der Waals surface area contributed by atoms with Crippen LogP contribution in [0.5, 0.6) is 0 Å². The SMILES string of the molecule is Cc1ccc(S(=O)(=O)Nc2ccc(N3CCN(c4cc(C)ccc4C)CC3)c(C(=O)O)c2)cc1. The minimum absolute atomic E-state index is 0.0734. The van der Waals surface area contributed by atoms with Gasteiger partial charge >= 0.3 is 5.97 Å². The van der Waals surface area contributed by atoms with Gasteiger partial charge < -0.3 is 14.9 Å². The van der Waals surface area contributed by atoms with E-state index in [0.29, 0.717) is 18.8 Å². The molecule has 0 bridgehead atoms. The minimum atomic E-state index is -3.82. The van der Waals surface area contributed by atoms with Crippen LogP contribution in [0.1, 0.15) is 27.0 Å². The fourth-order valence-electron chi connectivity index (χ4n) is 4.23. The summed E-state index contributed by atoms with van der Waals surface area (Å²) >= 11 is 0. The molecule has 0 atom stereocenters. The highest BCUT2D eigenvalue weighted by Crippen LogP contribution is 2.29. The Morgan fingerprint density at radius 1 is 0.794 bits per heavy atom. The number of rotatable bonds is 6. The van der Waals surface area contributed by atoms with Gasteiger partial charge in [0.1, 0.15) is 0 Å². The first-order valence-electron chi connectivity index (χ1n) is 11.2. The van der Waals surface area contributed by atoms with E-state index >= 15 is 0 Å². The maximum absolute atomic E-state index is 12.7. The van der Waals surface area contributed by atoms with Crippen molar-refractivity contribution >= 4 is 33.1 Å². The highest BCUT2D eigenvalue weighted by atomic mass is 32.2. The number of carboxylic acid groups (broad SMARTS) is 1. The van der Waals surface area contributed by atoms with Gasteiger partial charge in [0.15, 0.2) is 0 Å². The van der Waals surface area contributed by atoms with Crippen molar-refractivity contribution in [2.45, 2.75) is 25.7 Å². The average Bonchev–Trinajstić information content (AvgIpc) is 2.81. The van der Waals surface area contributed by atoms with Crippen molar-refractivity contribution in [1.82, 2.24) is 0 Å². The number of anilines is 3. The maximum atomic E-state index is 12.7. The van der Waals surface area contributed by atoms with Crippen LogP contribution in [0.25, 0.3) is 0 Å². The summed E-state index contributed by atoms with van der Waals surface area (Å²) in [4.78, 5) is 16.5. The largest absolute Gasteiger partial charge is 0.478 e. The first-order valence-corrected chi connectivity index (χ1v) is 12.7. The van der Waals surface area contributed by atoms with Crippen molar-refractivity contribution in [1.29, 1.82) is 0 Å². The number of nitrogens with one attached hydrogen (secondary N) is 1. The lowest BCUT2D eigenvalue weighted by atomic mass is 10.1. The van der Waals surface area contributed by atoms with Crippen molar-refractivity contribution in [2.75, 3.05) is 40.7 Å². The zero-order valence-corrected chi connectivity index (χ0v) is 20.4. The molecule has 0 spiro atoms. The lowest BCUT2D eigenvalue weighted by Gasteiger charge is -2.38. The third kappa shape index (κ3) is 5.02. The first-order chi connectivity index (χ1) is 16.1. The Hall–Kier alpha value is -3.52. The van der Waals surface area contributed by atoms with Crippen molar-refractivity contribution in [3.05, 3.63) is 82.9 Å². The third-order valence-electron chi connectivity index (χ3n) is 6.14. The average molecular weight is 480 g/mol. The quantitative estimate of drug-likeness (QED) is 0.543. The molecule has 3 aromatic rings. The summed E-state index contributed by atoms with van der Waals surface area (Å²) in [5, 5.41) is 9.85. The molecule has 0 saturated carbocycles. The molecule has 0 unspecified atom stereocenters. The van der Waals surface area contributed by atoms with Gasteiger partial charge in [-0.15, -0.1) is 0 Å². The highest BCUT2D eigenvalue weighted by molar-refractivity contribution is 7.92. The standard InChI is InChI=1S/C26H29N3O4S/c1-18-5-9-22(10-6-18)34(32,33)27-21-8-11-24(23(17-21)26(30)31)28-12-14-29(15-13-28)25-16-19(2)4-7-20(25)3/h4-11,16-17,27H,12-15H2,1-3H3,(H,30,31). The molecule has 1 aliphatic rings. The third-order valence-corrected chi connectivity index (χ3v) is 7.53. The predicted molar refractivity (Wildman–Crippen MR) is 136 cm³/mol. The van der Waals surface area contributed by atoms with E-state index in [-0.39, 0.29) is 16.1 Å². The van der Waals surface area contributed by atoms with Crippen LogP contribution in [0.3, 0.4) is 0 Å². The molecule has 0 aliphatic carbocycles. The van der Waals surface area contributed by atoms with Crippen LogP contribution in [-0.2, 0) is 10.0 Å². The normalized spacial score (nSPS) is 14.2. The monoisotopic (exact) mass is 479 g/mol. The Bertz CT molecular complexity index is 1310. The van der Waals surface area contributed by atoms with Crippen molar-refractivity contribution in [3.63, 3.8) is 0 Å². The van der Waals surface area contributed by atoms with E-state index in [1.54, 1.807) is 24.3 Å². The fraction of sp³-hybridized carbons (Fsp3) is 0.269. The predicted octanol–water partition coefficient (Wildman–Crippen LogP) is 4.44. The summed E-state index contributed by atoms with van der Waals surface area (Å²) in [6, 6.07) is 17.6. The fourth-order valence-corrected chi connectivity index (χ4v) is 5.28. The smallest absolute Gasteiger partial charge is 0.337 e. The summed E-state index contributed by atoms with van der Waals surface area (Å²) in [6.45, 7) is 8.93. The van der Waals surface area contributed by atoms with Gasteiger partial charge in [0.05, 0.1) is 16.1 Å². The second-order valence-electron chi connectivity index (χ2n) is 8.72. The van der Waals surface area contributed by atoms with Crippen molar-refractivity contribution in [2.24, 2.45) is 0 Å². The van der Waals surface area contributed by atoms with Gasteiger partial charge in [-0.25, -0.2) is 13.2 Å². The maximum Gasteiger partial charge on any atom is 0.337 e. The number of piperazine rings is 1. The lowest BCUT2D eigenvalue weighted by molar-refractivity contribution is 0.0697. The molecule has 1 aliphatic heterocycles. The Kier molecular flexibility index (Phi) is 6.52. The molecule has 34 heavy (non-hydrogen) atoms. The number of nitrogens with zero attached hydrogens (tertiary/aromatic N) is 2. The summed E-state index contributed by atoms with van der Waals surface area (Å²) in [6.07, 6.45) is 0. The molecule has 1 heterocycles. The second-order valence-corrected chi connectivity index (χ2v) is 10.4. The van der Waals surface area contributed by atoms with Gasteiger partial charge in [-0.1, -0.05) is 29.8 Å². The van der Waals surface area contributed by atoms with Crippen LogP contribution in [0.4, 0.5) is 17.1 Å². The van der Waals surface area contributed by atoms with E-state index in [2.05, 4.69) is 41.7 Å². The molecule has 2 N–H and O–H groups in total. The molecule has 8 heteroatoms. The number of hydrogen-bond donors (Lipinski definition) is 2. The molecule has 4 rings (SSSR count). The molecular formula is C26H29N3O4S. The summed E-state index contributed by atoms with van der Waals surface area (Å²) < 4.78 is 28.0. The van der Waals surface area contributed by atoms with E-state index in [1.807, 2.05) is 11.8 Å². The van der Waals surface area contributed by atoms with Crippen LogP contribution in [0.15, 0.2) is 65.6 Å². The number of carbonyl (C=O) groups is 1. The molecule has 1 saturated heterocycles. The number of sulfonamides is 1. The molecule has 3 aromatic carbocycles. The zero-order chi connectivity index (χ0) is 24.5. The van der Waals surface area contributed by atoms with E-state index in [9.17, 15) is 18.3 Å². The van der Waals surface area contributed by atoms with Crippen LogP contribution in [0, 0.1) is 20.8 Å².